The summed E-state index contributed by atoms with van der Waals surface area (Å²) in [5.41, 5.74) is 0.652. The molecule has 0 radical (unpaired) electrons. The van der Waals surface area contributed by atoms with E-state index in [4.69, 9.17) is 0 Å². The minimum absolute atomic E-state index is 0.175. The maximum Gasteiger partial charge on any atom is 0.254 e. The third-order valence-corrected chi connectivity index (χ3v) is 10.2. The molecule has 2 saturated heterocycles. The van der Waals surface area contributed by atoms with Crippen LogP contribution in [0.15, 0.2) is 47.5 Å². The first-order valence-corrected chi connectivity index (χ1v) is 15.8. The molecule has 1 aromatic heterocycles. The lowest BCUT2D eigenvalue weighted by Gasteiger charge is -2.35. The zero-order chi connectivity index (χ0) is 30.2. The standard InChI is InChI=1S/C30H36F3N5O3S/c1-19-12-20(2)17-36(16-19)42(40,41)26-9-7-22(8-10-26)30(39)37-11-5-4-6-25(37)15-24-18-38(35-34-24)21(3)29-27(32)13-23(31)14-28(29)33/h7-10,13-14,18-21,25H,4-6,11-12,15-17H2,1-3H3/t19?,20?,21-,25?/m1/s1. The van der Waals surface area contributed by atoms with Crippen LogP contribution in [0.2, 0.25) is 0 Å². The van der Waals surface area contributed by atoms with Crippen molar-refractivity contribution in [1.82, 2.24) is 24.2 Å². The predicted octanol–water partition coefficient (Wildman–Crippen LogP) is 5.21. The molecule has 12 heteroatoms. The van der Waals surface area contributed by atoms with Crippen molar-refractivity contribution in [3.05, 3.63) is 76.9 Å². The number of halogens is 3. The van der Waals surface area contributed by atoms with Crippen molar-refractivity contribution in [2.75, 3.05) is 19.6 Å². The lowest BCUT2D eigenvalue weighted by atomic mass is 9.94. The van der Waals surface area contributed by atoms with Gasteiger partial charge in [-0.05, 0) is 68.7 Å². The molecule has 0 aliphatic carbocycles. The molecule has 8 nitrogen and oxygen atoms in total. The topological polar surface area (TPSA) is 88.4 Å². The SMILES string of the molecule is CC1CC(C)CN(S(=O)(=O)c2ccc(C(=O)N3CCCCC3Cc3cn([C@H](C)c4c(F)cc(F)cc4F)nn3)cc2)C1. The molecule has 2 aromatic carbocycles. The van der Waals surface area contributed by atoms with Crippen molar-refractivity contribution < 1.29 is 26.4 Å². The fourth-order valence-corrected chi connectivity index (χ4v) is 7.97. The van der Waals surface area contributed by atoms with E-state index in [1.807, 2.05) is 0 Å². The first-order valence-electron chi connectivity index (χ1n) is 14.4. The summed E-state index contributed by atoms with van der Waals surface area (Å²) in [7, 11) is -3.65. The molecule has 1 amide bonds. The summed E-state index contributed by atoms with van der Waals surface area (Å²) in [5.74, 6) is -2.62. The number of nitrogens with zero attached hydrogens (tertiary/aromatic N) is 5. The van der Waals surface area contributed by atoms with Gasteiger partial charge in [-0.15, -0.1) is 5.10 Å². The smallest absolute Gasteiger partial charge is 0.254 e. The van der Waals surface area contributed by atoms with Gasteiger partial charge in [0.2, 0.25) is 10.0 Å². The van der Waals surface area contributed by atoms with Crippen molar-refractivity contribution in [3.8, 4) is 0 Å². The lowest BCUT2D eigenvalue weighted by Crippen LogP contribution is -2.45. The largest absolute Gasteiger partial charge is 0.335 e. The maximum atomic E-state index is 14.3. The van der Waals surface area contributed by atoms with E-state index in [-0.39, 0.29) is 34.2 Å². The molecule has 5 rings (SSSR count). The van der Waals surface area contributed by atoms with E-state index in [1.54, 1.807) is 30.2 Å². The molecule has 2 fully saturated rings. The highest BCUT2D eigenvalue weighted by atomic mass is 32.2. The number of likely N-dealkylation sites (tertiary alicyclic amines) is 1. The predicted molar refractivity (Wildman–Crippen MR) is 151 cm³/mol. The van der Waals surface area contributed by atoms with E-state index in [9.17, 15) is 26.4 Å². The Morgan fingerprint density at radius 3 is 2.31 bits per heavy atom. The van der Waals surface area contributed by atoms with Gasteiger partial charge in [0.25, 0.3) is 5.91 Å². The Bertz CT molecular complexity index is 1510. The average molecular weight is 604 g/mol. The molecule has 3 aromatic rings. The Morgan fingerprint density at radius 2 is 1.67 bits per heavy atom. The zero-order valence-corrected chi connectivity index (χ0v) is 24.8. The van der Waals surface area contributed by atoms with Gasteiger partial charge in [0, 0.05) is 61.6 Å². The van der Waals surface area contributed by atoms with Gasteiger partial charge in [0.15, 0.2) is 0 Å². The van der Waals surface area contributed by atoms with E-state index >= 15 is 0 Å². The van der Waals surface area contributed by atoms with E-state index in [0.717, 1.165) is 25.7 Å². The van der Waals surface area contributed by atoms with Crippen LogP contribution in [0, 0.1) is 29.3 Å². The molecule has 4 atom stereocenters. The number of aromatic nitrogens is 3. The number of hydrogen-bond acceptors (Lipinski definition) is 5. The van der Waals surface area contributed by atoms with Crippen molar-refractivity contribution in [1.29, 1.82) is 0 Å². The monoisotopic (exact) mass is 603 g/mol. The number of carbonyl (C=O) groups is 1. The number of hydrogen-bond donors (Lipinski definition) is 0. The van der Waals surface area contributed by atoms with Gasteiger partial charge in [-0.25, -0.2) is 26.3 Å². The van der Waals surface area contributed by atoms with Gasteiger partial charge >= 0.3 is 0 Å². The first-order chi connectivity index (χ1) is 19.9. The van der Waals surface area contributed by atoms with Crippen molar-refractivity contribution in [2.45, 2.75) is 69.9 Å². The number of piperidine rings is 2. The molecule has 226 valence electrons. The average Bonchev–Trinajstić information content (AvgIpc) is 3.40. The van der Waals surface area contributed by atoms with Crippen LogP contribution in [0.25, 0.3) is 0 Å². The molecule has 0 spiro atoms. The molecular formula is C30H36F3N5O3S. The molecule has 0 bridgehead atoms. The molecule has 3 unspecified atom stereocenters. The number of amides is 1. The second kappa shape index (κ2) is 12.2. The fourth-order valence-electron chi connectivity index (χ4n) is 6.29. The van der Waals surface area contributed by atoms with Gasteiger partial charge in [0.1, 0.15) is 17.5 Å². The van der Waals surface area contributed by atoms with Gasteiger partial charge in [-0.2, -0.15) is 4.31 Å². The molecule has 42 heavy (non-hydrogen) atoms. The number of carbonyl (C=O) groups excluding carboxylic acids is 1. The van der Waals surface area contributed by atoms with Gasteiger partial charge < -0.3 is 4.90 Å². The highest BCUT2D eigenvalue weighted by Crippen LogP contribution is 2.29. The highest BCUT2D eigenvalue weighted by Gasteiger charge is 2.33. The number of sulfonamides is 1. The maximum absolute atomic E-state index is 14.3. The van der Waals surface area contributed by atoms with Crippen molar-refractivity contribution >= 4 is 15.9 Å². The Hall–Kier alpha value is -3.25. The Kier molecular flexibility index (Phi) is 8.75. The highest BCUT2D eigenvalue weighted by molar-refractivity contribution is 7.89. The molecule has 0 N–H and O–H groups in total. The van der Waals surface area contributed by atoms with Crippen LogP contribution in [0.5, 0.6) is 0 Å². The van der Waals surface area contributed by atoms with E-state index < -0.39 is 33.5 Å². The van der Waals surface area contributed by atoms with Crippen LogP contribution in [0.3, 0.4) is 0 Å². The van der Waals surface area contributed by atoms with E-state index in [0.29, 0.717) is 49.4 Å². The molecule has 2 aliphatic heterocycles. The summed E-state index contributed by atoms with van der Waals surface area (Å²) in [6.45, 7) is 7.18. The van der Waals surface area contributed by atoms with Gasteiger partial charge in [-0.1, -0.05) is 19.1 Å². The number of rotatable bonds is 7. The second-order valence-electron chi connectivity index (χ2n) is 11.8. The minimum atomic E-state index is -3.65. The van der Waals surface area contributed by atoms with Crippen molar-refractivity contribution in [2.24, 2.45) is 11.8 Å². The summed E-state index contributed by atoms with van der Waals surface area (Å²) >= 11 is 0. The summed E-state index contributed by atoms with van der Waals surface area (Å²) < 4.78 is 71.4. The van der Waals surface area contributed by atoms with Crippen LogP contribution in [-0.2, 0) is 16.4 Å². The van der Waals surface area contributed by atoms with E-state index in [1.165, 1.54) is 21.1 Å². The van der Waals surface area contributed by atoms with Crippen LogP contribution in [-0.4, -0.2) is 64.2 Å². The minimum Gasteiger partial charge on any atom is -0.335 e. The van der Waals surface area contributed by atoms with Gasteiger partial charge in [0.05, 0.1) is 16.6 Å². The normalized spacial score (nSPS) is 22.7. The van der Waals surface area contributed by atoms with Crippen LogP contribution >= 0.6 is 0 Å². The lowest BCUT2D eigenvalue weighted by molar-refractivity contribution is 0.0612. The van der Waals surface area contributed by atoms with Crippen LogP contribution in [0.1, 0.15) is 74.1 Å². The zero-order valence-electron chi connectivity index (χ0n) is 24.0. The third-order valence-electron chi connectivity index (χ3n) is 8.32. The van der Waals surface area contributed by atoms with Gasteiger partial charge in [-0.3, -0.25) is 4.79 Å². The molecule has 0 saturated carbocycles. The van der Waals surface area contributed by atoms with Crippen LogP contribution < -0.4 is 0 Å². The van der Waals surface area contributed by atoms with Crippen LogP contribution in [0.4, 0.5) is 13.2 Å². The summed E-state index contributed by atoms with van der Waals surface area (Å²) in [4.78, 5) is 15.5. The van der Waals surface area contributed by atoms with Crippen molar-refractivity contribution in [3.63, 3.8) is 0 Å². The first kappa shape index (κ1) is 30.2. The molecular weight excluding hydrogens is 567 g/mol. The summed E-state index contributed by atoms with van der Waals surface area (Å²) in [5, 5.41) is 8.22. The number of benzene rings is 2. The third kappa shape index (κ3) is 6.24. The summed E-state index contributed by atoms with van der Waals surface area (Å²) in [6.07, 6.45) is 5.49. The molecule has 3 heterocycles. The Balaban J connectivity index is 1.29. The second-order valence-corrected chi connectivity index (χ2v) is 13.7. The quantitative estimate of drug-likeness (QED) is 0.370. The van der Waals surface area contributed by atoms with E-state index in [2.05, 4.69) is 24.2 Å². The Morgan fingerprint density at radius 1 is 1.02 bits per heavy atom. The molecule has 2 aliphatic rings. The Labute approximate surface area is 244 Å². The fraction of sp³-hybridized carbons (Fsp3) is 0.500. The summed E-state index contributed by atoms with van der Waals surface area (Å²) in [6, 6.07) is 6.39.